The Balaban J connectivity index is 2.06. The third-order valence-electron chi connectivity index (χ3n) is 3.51. The number of aryl methyl sites for hydroxylation is 1. The summed E-state index contributed by atoms with van der Waals surface area (Å²) in [5.41, 5.74) is 1.91. The second-order valence-electron chi connectivity index (χ2n) is 4.90. The van der Waals surface area contributed by atoms with Gasteiger partial charge in [0, 0.05) is 25.0 Å². The predicted molar refractivity (Wildman–Crippen MR) is 78.1 cm³/mol. The van der Waals surface area contributed by atoms with Crippen LogP contribution in [0, 0.1) is 11.3 Å². The zero-order valence-electron chi connectivity index (χ0n) is 11.9. The Bertz CT molecular complexity index is 795. The molecule has 0 amide bonds. The molecule has 0 saturated heterocycles. The molecule has 0 bridgehead atoms. The van der Waals surface area contributed by atoms with E-state index in [0.717, 1.165) is 11.3 Å². The molecule has 0 spiro atoms. The van der Waals surface area contributed by atoms with Gasteiger partial charge in [-0.1, -0.05) is 11.6 Å². The van der Waals surface area contributed by atoms with Crippen LogP contribution in [0.1, 0.15) is 22.9 Å². The lowest BCUT2D eigenvalue weighted by Gasteiger charge is -2.25. The lowest BCUT2D eigenvalue weighted by molar-refractivity contribution is -0.142. The van der Waals surface area contributed by atoms with E-state index in [9.17, 15) is 4.79 Å². The highest BCUT2D eigenvalue weighted by Gasteiger charge is 2.40. The number of hydrogen-bond acceptors (Lipinski definition) is 6. The lowest BCUT2D eigenvalue weighted by Crippen LogP contribution is -2.30. The van der Waals surface area contributed by atoms with Gasteiger partial charge in [-0.3, -0.25) is 4.68 Å². The van der Waals surface area contributed by atoms with Crippen LogP contribution in [0.25, 0.3) is 0 Å². The summed E-state index contributed by atoms with van der Waals surface area (Å²) in [6.07, 6.45) is 3.21. The molecule has 0 N–H and O–H groups in total. The van der Waals surface area contributed by atoms with Crippen molar-refractivity contribution in [2.24, 2.45) is 7.05 Å². The maximum absolute atomic E-state index is 12.2. The second-order valence-corrected chi connectivity index (χ2v) is 5.31. The van der Waals surface area contributed by atoms with Crippen LogP contribution in [0.4, 0.5) is 5.82 Å². The van der Waals surface area contributed by atoms with Crippen molar-refractivity contribution >= 4 is 23.4 Å². The molecule has 3 heterocycles. The molecule has 1 atom stereocenters. The Morgan fingerprint density at radius 1 is 1.59 bits per heavy atom. The van der Waals surface area contributed by atoms with Gasteiger partial charge < -0.3 is 9.64 Å². The molecule has 2 aromatic heterocycles. The Hall–Kier alpha value is -2.59. The van der Waals surface area contributed by atoms with Crippen LogP contribution in [0.5, 0.6) is 0 Å². The van der Waals surface area contributed by atoms with Gasteiger partial charge in [0.2, 0.25) is 0 Å². The van der Waals surface area contributed by atoms with Crippen molar-refractivity contribution in [3.05, 3.63) is 40.3 Å². The van der Waals surface area contributed by atoms with Crippen molar-refractivity contribution < 1.29 is 9.53 Å². The Kier molecular flexibility index (Phi) is 3.47. The summed E-state index contributed by atoms with van der Waals surface area (Å²) in [4.78, 5) is 18.1. The molecule has 0 aromatic carbocycles. The van der Waals surface area contributed by atoms with Crippen LogP contribution >= 0.6 is 11.6 Å². The average molecular weight is 318 g/mol. The lowest BCUT2D eigenvalue weighted by atomic mass is 10.1. The first-order valence-electron chi connectivity index (χ1n) is 6.47. The van der Waals surface area contributed by atoms with Crippen molar-refractivity contribution in [1.82, 2.24) is 14.8 Å². The minimum absolute atomic E-state index is 0.308. The summed E-state index contributed by atoms with van der Waals surface area (Å²) in [7, 11) is 3.13. The Morgan fingerprint density at radius 3 is 3.00 bits per heavy atom. The molecule has 1 aliphatic heterocycles. The molecule has 0 aliphatic carbocycles. The van der Waals surface area contributed by atoms with Crippen LogP contribution in [-0.2, 0) is 23.1 Å². The minimum Gasteiger partial charge on any atom is -0.467 e. The van der Waals surface area contributed by atoms with Crippen LogP contribution < -0.4 is 4.90 Å². The summed E-state index contributed by atoms with van der Waals surface area (Å²) < 4.78 is 6.55. The molecule has 3 rings (SSSR count). The highest BCUT2D eigenvalue weighted by molar-refractivity contribution is 6.33. The number of methoxy groups -OCH3 is 1. The molecule has 7 nitrogen and oxygen atoms in total. The number of hydrogen-bond donors (Lipinski definition) is 0. The van der Waals surface area contributed by atoms with E-state index in [2.05, 4.69) is 10.1 Å². The standard InChI is InChI=1S/C14H12ClN5O2/c1-19-6-9-11(18-19)7-20(12(9)14(21)22-2)13-10(15)3-8(4-16)5-17-13/h3,5-6,12H,7H2,1-2H3. The molecule has 22 heavy (non-hydrogen) atoms. The monoisotopic (exact) mass is 317 g/mol. The number of ether oxygens (including phenoxy) is 1. The van der Waals surface area contributed by atoms with E-state index in [1.54, 1.807) is 22.8 Å². The van der Waals surface area contributed by atoms with Gasteiger partial charge in [0.1, 0.15) is 11.9 Å². The number of carbonyl (C=O) groups excluding carboxylic acids is 1. The number of nitrogens with zero attached hydrogens (tertiary/aromatic N) is 5. The van der Waals surface area contributed by atoms with E-state index in [-0.39, 0.29) is 0 Å². The maximum atomic E-state index is 12.2. The predicted octanol–water partition coefficient (Wildman–Crippen LogP) is 1.57. The number of halogens is 1. The molecule has 112 valence electrons. The average Bonchev–Trinajstić information content (AvgIpc) is 3.01. The van der Waals surface area contributed by atoms with E-state index in [1.165, 1.54) is 19.4 Å². The largest absolute Gasteiger partial charge is 0.467 e. The number of pyridine rings is 1. The number of fused-ring (bicyclic) bond motifs is 1. The van der Waals surface area contributed by atoms with Gasteiger partial charge in [0.15, 0.2) is 6.04 Å². The molecule has 0 saturated carbocycles. The molecule has 1 unspecified atom stereocenters. The highest BCUT2D eigenvalue weighted by Crippen LogP contribution is 2.39. The molecule has 8 heteroatoms. The summed E-state index contributed by atoms with van der Waals surface area (Å²) in [5.74, 6) is 0.0192. The summed E-state index contributed by atoms with van der Waals surface area (Å²) in [6, 6.07) is 2.85. The zero-order chi connectivity index (χ0) is 15.9. The molecular weight excluding hydrogens is 306 g/mol. The number of rotatable bonds is 2. The van der Waals surface area contributed by atoms with Gasteiger partial charge in [-0.2, -0.15) is 10.4 Å². The number of esters is 1. The maximum Gasteiger partial charge on any atom is 0.333 e. The van der Waals surface area contributed by atoms with Gasteiger partial charge in [-0.15, -0.1) is 0 Å². The van der Waals surface area contributed by atoms with E-state index < -0.39 is 12.0 Å². The van der Waals surface area contributed by atoms with E-state index in [4.69, 9.17) is 21.6 Å². The number of aromatic nitrogens is 3. The van der Waals surface area contributed by atoms with Crippen molar-refractivity contribution in [2.45, 2.75) is 12.6 Å². The van der Waals surface area contributed by atoms with Crippen molar-refractivity contribution in [3.63, 3.8) is 0 Å². The van der Waals surface area contributed by atoms with Gasteiger partial charge in [0.05, 0.1) is 29.9 Å². The molecule has 1 aliphatic rings. The molecule has 2 aromatic rings. The fourth-order valence-electron chi connectivity index (χ4n) is 2.59. The van der Waals surface area contributed by atoms with Crippen molar-refractivity contribution in [1.29, 1.82) is 5.26 Å². The molecule has 0 fully saturated rings. The fraction of sp³-hybridized carbons (Fsp3) is 0.286. The Morgan fingerprint density at radius 2 is 2.36 bits per heavy atom. The smallest absolute Gasteiger partial charge is 0.333 e. The topological polar surface area (TPSA) is 84.0 Å². The van der Waals surface area contributed by atoms with Crippen molar-refractivity contribution in [3.8, 4) is 6.07 Å². The third-order valence-corrected chi connectivity index (χ3v) is 3.79. The summed E-state index contributed by atoms with van der Waals surface area (Å²) in [6.45, 7) is 0.397. The van der Waals surface area contributed by atoms with E-state index in [1.807, 2.05) is 6.07 Å². The molecular formula is C14H12ClN5O2. The first-order valence-corrected chi connectivity index (χ1v) is 6.85. The highest BCUT2D eigenvalue weighted by atomic mass is 35.5. The van der Waals surface area contributed by atoms with Gasteiger partial charge in [-0.05, 0) is 6.07 Å². The van der Waals surface area contributed by atoms with Gasteiger partial charge >= 0.3 is 5.97 Å². The van der Waals surface area contributed by atoms with Crippen molar-refractivity contribution in [2.75, 3.05) is 12.0 Å². The van der Waals surface area contributed by atoms with Crippen LogP contribution in [-0.4, -0.2) is 27.8 Å². The first kappa shape index (κ1) is 14.4. The fourth-order valence-corrected chi connectivity index (χ4v) is 2.87. The third kappa shape index (κ3) is 2.18. The van der Waals surface area contributed by atoms with Crippen LogP contribution in [0.2, 0.25) is 5.02 Å². The van der Waals surface area contributed by atoms with E-state index >= 15 is 0 Å². The number of anilines is 1. The summed E-state index contributed by atoms with van der Waals surface area (Å²) in [5, 5.41) is 13.5. The zero-order valence-corrected chi connectivity index (χ0v) is 12.7. The first-order chi connectivity index (χ1) is 10.5. The number of nitriles is 1. The summed E-state index contributed by atoms with van der Waals surface area (Å²) >= 11 is 6.21. The quantitative estimate of drug-likeness (QED) is 0.782. The second kappa shape index (κ2) is 5.31. The van der Waals surface area contributed by atoms with Gasteiger partial charge in [0.25, 0.3) is 0 Å². The van der Waals surface area contributed by atoms with Crippen LogP contribution in [0.15, 0.2) is 18.5 Å². The molecule has 0 radical (unpaired) electrons. The SMILES string of the molecule is COC(=O)C1c2cn(C)nc2CN1c1ncc(C#N)cc1Cl. The minimum atomic E-state index is -0.647. The van der Waals surface area contributed by atoms with Gasteiger partial charge in [-0.25, -0.2) is 9.78 Å². The van der Waals surface area contributed by atoms with Crippen LogP contribution in [0.3, 0.4) is 0 Å². The van der Waals surface area contributed by atoms with E-state index in [0.29, 0.717) is 22.9 Å². The Labute approximate surface area is 131 Å². The number of carbonyl (C=O) groups is 1. The normalized spacial score (nSPS) is 16.3.